The molecule has 0 radical (unpaired) electrons. The Hall–Kier alpha value is -4.75. The summed E-state index contributed by atoms with van der Waals surface area (Å²) in [5.74, 6) is -1.76. The Bertz CT molecular complexity index is 1890. The quantitative estimate of drug-likeness (QED) is 0.290. The third kappa shape index (κ3) is 5.43. The van der Waals surface area contributed by atoms with Crippen LogP contribution in [0.4, 0.5) is 14.5 Å². The molecule has 0 aliphatic heterocycles. The number of hydrogen-bond donors (Lipinski definition) is 1. The van der Waals surface area contributed by atoms with Crippen LogP contribution in [0, 0.1) is 11.6 Å². The number of amides is 1. The maximum atomic E-state index is 14.8. The van der Waals surface area contributed by atoms with Crippen LogP contribution in [0.15, 0.2) is 64.2 Å². The molecule has 1 N–H and O–H groups in total. The number of benzene rings is 2. The van der Waals surface area contributed by atoms with Crippen molar-refractivity contribution in [3.05, 3.63) is 98.2 Å². The number of ether oxygens (including phenoxy) is 1. The molecule has 5 aromatic rings. The number of nitrogens with one attached hydrogen (secondary N) is 1. The van der Waals surface area contributed by atoms with E-state index in [2.05, 4.69) is 15.5 Å². The highest BCUT2D eigenvalue weighted by atomic mass is 32.1. The van der Waals surface area contributed by atoms with Gasteiger partial charge in [0.15, 0.2) is 5.82 Å². The fourth-order valence-electron chi connectivity index (χ4n) is 4.60. The van der Waals surface area contributed by atoms with Crippen molar-refractivity contribution in [2.75, 3.05) is 26.5 Å². The molecule has 216 valence electrons. The summed E-state index contributed by atoms with van der Waals surface area (Å²) in [6.07, 6.45) is 0. The molecular weight excluding hydrogens is 566 g/mol. The van der Waals surface area contributed by atoms with Crippen molar-refractivity contribution in [2.24, 2.45) is 0 Å². The minimum atomic E-state index is -0.833. The Balaban J connectivity index is 1.84. The fourth-order valence-corrected chi connectivity index (χ4v) is 5.90. The molecule has 5 rings (SSSR count). The SMILES string of the molecule is COc1ccc(-n2c(=O)c3c(CN(C)C)c(-c4ccc(NC(C)=O)cc4)sc3n(Cc3c(F)cccc3F)c2=O)nn1. The zero-order valence-electron chi connectivity index (χ0n) is 23.1. The summed E-state index contributed by atoms with van der Waals surface area (Å²) < 4.78 is 36.7. The Morgan fingerprint density at radius 1 is 1.00 bits per heavy atom. The number of methoxy groups -OCH3 is 1. The van der Waals surface area contributed by atoms with Gasteiger partial charge in [-0.2, -0.15) is 0 Å². The van der Waals surface area contributed by atoms with E-state index in [4.69, 9.17) is 4.74 Å². The number of thiophene rings is 1. The van der Waals surface area contributed by atoms with Gasteiger partial charge in [0.2, 0.25) is 11.8 Å². The lowest BCUT2D eigenvalue weighted by Gasteiger charge is -2.14. The molecule has 2 aromatic carbocycles. The summed E-state index contributed by atoms with van der Waals surface area (Å²) in [5, 5.41) is 10.8. The van der Waals surface area contributed by atoms with E-state index >= 15 is 0 Å². The van der Waals surface area contributed by atoms with Gasteiger partial charge in [0.25, 0.3) is 5.56 Å². The Morgan fingerprint density at radius 2 is 1.69 bits per heavy atom. The van der Waals surface area contributed by atoms with Crippen molar-refractivity contribution >= 4 is 33.1 Å². The molecule has 3 heterocycles. The first-order valence-electron chi connectivity index (χ1n) is 12.7. The molecule has 42 heavy (non-hydrogen) atoms. The molecule has 0 aliphatic carbocycles. The average molecular weight is 593 g/mol. The molecule has 1 amide bonds. The van der Waals surface area contributed by atoms with Crippen LogP contribution in [0.3, 0.4) is 0 Å². The number of hydrogen-bond acceptors (Lipinski definition) is 8. The van der Waals surface area contributed by atoms with Crippen molar-refractivity contribution in [1.82, 2.24) is 24.2 Å². The Morgan fingerprint density at radius 3 is 2.26 bits per heavy atom. The van der Waals surface area contributed by atoms with E-state index < -0.39 is 29.4 Å². The monoisotopic (exact) mass is 592 g/mol. The molecule has 3 aromatic heterocycles. The van der Waals surface area contributed by atoms with Gasteiger partial charge in [-0.1, -0.05) is 18.2 Å². The Labute approximate surface area is 242 Å². The predicted molar refractivity (Wildman–Crippen MR) is 156 cm³/mol. The number of nitrogens with zero attached hydrogens (tertiary/aromatic N) is 5. The van der Waals surface area contributed by atoms with Crippen LogP contribution in [-0.4, -0.2) is 51.3 Å². The number of halogens is 2. The summed E-state index contributed by atoms with van der Waals surface area (Å²) in [6, 6.07) is 13.4. The van der Waals surface area contributed by atoms with Crippen LogP contribution in [-0.2, 0) is 17.9 Å². The van der Waals surface area contributed by atoms with Crippen LogP contribution in [0.25, 0.3) is 26.5 Å². The first kappa shape index (κ1) is 28.8. The van der Waals surface area contributed by atoms with Crippen LogP contribution in [0.2, 0.25) is 0 Å². The van der Waals surface area contributed by atoms with Crippen molar-refractivity contribution in [3.8, 4) is 22.1 Å². The zero-order valence-corrected chi connectivity index (χ0v) is 24.0. The van der Waals surface area contributed by atoms with E-state index in [-0.39, 0.29) is 33.4 Å². The summed E-state index contributed by atoms with van der Waals surface area (Å²) in [7, 11) is 5.08. The van der Waals surface area contributed by atoms with Gasteiger partial charge < -0.3 is 15.0 Å². The highest BCUT2D eigenvalue weighted by Crippen LogP contribution is 2.38. The highest BCUT2D eigenvalue weighted by molar-refractivity contribution is 7.22. The van der Waals surface area contributed by atoms with E-state index in [0.29, 0.717) is 22.7 Å². The lowest BCUT2D eigenvalue weighted by atomic mass is 10.1. The molecule has 10 nitrogen and oxygen atoms in total. The molecule has 0 spiro atoms. The van der Waals surface area contributed by atoms with Gasteiger partial charge in [-0.05, 0) is 55.6 Å². The standard InChI is InChI=1S/C29H26F2N6O4S/c1-16(38)32-18-10-8-17(9-11-18)26-20(14-35(2)3)25-27(39)37(23-12-13-24(41-4)34-33-23)29(40)36(28(25)42-26)15-19-21(30)6-5-7-22(19)31/h5-13H,14-15H2,1-4H3,(H,32,38). The highest BCUT2D eigenvalue weighted by Gasteiger charge is 2.25. The summed E-state index contributed by atoms with van der Waals surface area (Å²) in [6.45, 7) is 1.25. The summed E-state index contributed by atoms with van der Waals surface area (Å²) in [5.41, 5.74) is 0.141. The lowest BCUT2D eigenvalue weighted by Crippen LogP contribution is -2.39. The number of fused-ring (bicyclic) bond motifs is 1. The topological polar surface area (TPSA) is 111 Å². The van der Waals surface area contributed by atoms with Crippen molar-refractivity contribution < 1.29 is 18.3 Å². The molecular formula is C29H26F2N6O4S. The van der Waals surface area contributed by atoms with Crippen molar-refractivity contribution in [3.63, 3.8) is 0 Å². The molecule has 0 atom stereocenters. The zero-order chi connectivity index (χ0) is 30.1. The average Bonchev–Trinajstić information content (AvgIpc) is 3.31. The molecule has 0 saturated carbocycles. The fraction of sp³-hybridized carbons (Fsp3) is 0.207. The third-order valence-corrected chi connectivity index (χ3v) is 7.76. The van der Waals surface area contributed by atoms with Crippen molar-refractivity contribution in [2.45, 2.75) is 20.0 Å². The normalized spacial score (nSPS) is 11.3. The van der Waals surface area contributed by atoms with Gasteiger partial charge in [0, 0.05) is 35.7 Å². The number of anilines is 1. The van der Waals surface area contributed by atoms with E-state index in [9.17, 15) is 23.2 Å². The second kappa shape index (κ2) is 11.6. The number of carbonyl (C=O) groups excluding carboxylic acids is 1. The van der Waals surface area contributed by atoms with Crippen LogP contribution in [0.1, 0.15) is 18.1 Å². The van der Waals surface area contributed by atoms with Crippen LogP contribution in [0.5, 0.6) is 5.88 Å². The molecule has 0 unspecified atom stereocenters. The molecule has 0 saturated heterocycles. The summed E-state index contributed by atoms with van der Waals surface area (Å²) >= 11 is 1.17. The molecule has 0 fully saturated rings. The minimum absolute atomic E-state index is 0.0707. The smallest absolute Gasteiger partial charge is 0.338 e. The Kier molecular flexibility index (Phi) is 7.96. The van der Waals surface area contributed by atoms with E-state index in [1.807, 2.05) is 19.0 Å². The van der Waals surface area contributed by atoms with Gasteiger partial charge in [0.1, 0.15) is 16.5 Å². The van der Waals surface area contributed by atoms with Crippen molar-refractivity contribution in [1.29, 1.82) is 0 Å². The van der Waals surface area contributed by atoms with Gasteiger partial charge in [-0.25, -0.2) is 18.1 Å². The number of carbonyl (C=O) groups is 1. The molecule has 0 aliphatic rings. The van der Waals surface area contributed by atoms with E-state index in [1.165, 1.54) is 48.1 Å². The maximum Gasteiger partial charge on any atom is 0.338 e. The van der Waals surface area contributed by atoms with Gasteiger partial charge in [0.05, 0.1) is 19.0 Å². The van der Waals surface area contributed by atoms with Crippen LogP contribution < -0.4 is 21.3 Å². The van der Waals surface area contributed by atoms with Gasteiger partial charge in [-0.15, -0.1) is 21.5 Å². The third-order valence-electron chi connectivity index (χ3n) is 6.46. The first-order chi connectivity index (χ1) is 20.1. The molecule has 13 heteroatoms. The molecule has 0 bridgehead atoms. The lowest BCUT2D eigenvalue weighted by molar-refractivity contribution is -0.114. The largest absolute Gasteiger partial charge is 0.480 e. The predicted octanol–water partition coefficient (Wildman–Crippen LogP) is 4.03. The van der Waals surface area contributed by atoms with Gasteiger partial charge >= 0.3 is 5.69 Å². The first-order valence-corrected chi connectivity index (χ1v) is 13.6. The van der Waals surface area contributed by atoms with Crippen LogP contribution >= 0.6 is 11.3 Å². The number of aromatic nitrogens is 4. The number of rotatable bonds is 8. The van der Waals surface area contributed by atoms with E-state index in [0.717, 1.165) is 22.3 Å². The second-order valence-corrected chi connectivity index (χ2v) is 10.7. The van der Waals surface area contributed by atoms with E-state index in [1.54, 1.807) is 24.3 Å². The minimum Gasteiger partial charge on any atom is -0.480 e. The van der Waals surface area contributed by atoms with Gasteiger partial charge in [-0.3, -0.25) is 14.2 Å². The second-order valence-electron chi connectivity index (χ2n) is 9.73. The maximum absolute atomic E-state index is 14.8. The summed E-state index contributed by atoms with van der Waals surface area (Å²) in [4.78, 5) is 42.4.